The third-order valence-electron chi connectivity index (χ3n) is 2.63. The van der Waals surface area contributed by atoms with Crippen LogP contribution in [0.4, 0.5) is 20.3 Å². The van der Waals surface area contributed by atoms with Gasteiger partial charge in [0, 0.05) is 18.8 Å². The molecule has 0 spiro atoms. The Morgan fingerprint density at radius 3 is 2.71 bits per heavy atom. The number of pyridine rings is 1. The van der Waals surface area contributed by atoms with Crippen LogP contribution in [0.2, 0.25) is 5.02 Å². The maximum atomic E-state index is 13.5. The molecule has 7 heteroatoms. The first-order chi connectivity index (χ1) is 10.0. The van der Waals surface area contributed by atoms with Gasteiger partial charge in [0.05, 0.1) is 16.3 Å². The zero-order valence-corrected chi connectivity index (χ0v) is 11.8. The predicted octanol–water partition coefficient (Wildman–Crippen LogP) is 3.70. The summed E-state index contributed by atoms with van der Waals surface area (Å²) >= 11 is 5.98. The molecule has 0 atom stereocenters. The Morgan fingerprint density at radius 2 is 2.10 bits per heavy atom. The van der Waals surface area contributed by atoms with Crippen LogP contribution in [0, 0.1) is 11.6 Å². The zero-order chi connectivity index (χ0) is 15.4. The van der Waals surface area contributed by atoms with Gasteiger partial charge in [0.25, 0.3) is 5.91 Å². The average molecular weight is 312 g/mol. The van der Waals surface area contributed by atoms with E-state index in [-0.39, 0.29) is 16.3 Å². The fourth-order valence-electron chi connectivity index (χ4n) is 1.64. The molecule has 1 amide bonds. The molecule has 0 aliphatic carbocycles. The van der Waals surface area contributed by atoms with Crippen molar-refractivity contribution in [2.24, 2.45) is 0 Å². The number of carbonyl (C=O) groups excluding carboxylic acids is 1. The van der Waals surface area contributed by atoms with Crippen molar-refractivity contribution in [3.8, 4) is 0 Å². The van der Waals surface area contributed by atoms with Crippen molar-refractivity contribution in [1.82, 2.24) is 4.98 Å². The third-order valence-corrected chi connectivity index (χ3v) is 2.92. The molecule has 21 heavy (non-hydrogen) atoms. The lowest BCUT2D eigenvalue weighted by molar-refractivity contribution is 0.102. The van der Waals surface area contributed by atoms with Crippen LogP contribution in [0.15, 0.2) is 30.5 Å². The lowest BCUT2D eigenvalue weighted by Crippen LogP contribution is -2.14. The number of hydrogen-bond acceptors (Lipinski definition) is 3. The maximum absolute atomic E-state index is 13.5. The van der Waals surface area contributed by atoms with E-state index in [4.69, 9.17) is 11.6 Å². The smallest absolute Gasteiger partial charge is 0.257 e. The fourth-order valence-corrected chi connectivity index (χ4v) is 1.88. The van der Waals surface area contributed by atoms with Crippen LogP contribution in [-0.4, -0.2) is 17.4 Å². The highest BCUT2D eigenvalue weighted by atomic mass is 35.5. The molecule has 2 aromatic rings. The second-order valence-corrected chi connectivity index (χ2v) is 4.57. The highest BCUT2D eigenvalue weighted by Gasteiger charge is 2.12. The molecule has 0 unspecified atom stereocenters. The predicted molar refractivity (Wildman–Crippen MR) is 77.7 cm³/mol. The maximum Gasteiger partial charge on any atom is 0.257 e. The molecule has 0 saturated carbocycles. The van der Waals surface area contributed by atoms with Gasteiger partial charge in [0.2, 0.25) is 0 Å². The summed E-state index contributed by atoms with van der Waals surface area (Å²) < 4.78 is 26.3. The minimum absolute atomic E-state index is 0.117. The number of hydrogen-bond donors (Lipinski definition) is 2. The first-order valence-corrected chi connectivity index (χ1v) is 6.55. The van der Waals surface area contributed by atoms with Gasteiger partial charge in [0.15, 0.2) is 0 Å². The second-order valence-electron chi connectivity index (χ2n) is 4.16. The lowest BCUT2D eigenvalue weighted by Gasteiger charge is -2.08. The van der Waals surface area contributed by atoms with E-state index in [2.05, 4.69) is 15.6 Å². The van der Waals surface area contributed by atoms with Gasteiger partial charge in [-0.2, -0.15) is 0 Å². The summed E-state index contributed by atoms with van der Waals surface area (Å²) in [5.41, 5.74) is 0.0543. The number of aromatic nitrogens is 1. The van der Waals surface area contributed by atoms with Crippen molar-refractivity contribution in [1.29, 1.82) is 0 Å². The molecule has 0 aliphatic rings. The van der Waals surface area contributed by atoms with Crippen molar-refractivity contribution in [3.63, 3.8) is 0 Å². The Bertz CT molecular complexity index is 679. The standard InChI is InChI=1S/C14H12ClF2N3O/c1-2-18-13-10(15)5-8(7-19-13)14(21)20-12-4-3-9(16)6-11(12)17/h3-7H,2H2,1H3,(H,18,19)(H,20,21). The molecule has 0 bridgehead atoms. The number of carbonyl (C=O) groups is 1. The number of anilines is 2. The van der Waals surface area contributed by atoms with E-state index in [0.717, 1.165) is 12.1 Å². The van der Waals surface area contributed by atoms with E-state index in [9.17, 15) is 13.6 Å². The van der Waals surface area contributed by atoms with Crippen molar-refractivity contribution >= 4 is 29.0 Å². The Hall–Kier alpha value is -2.21. The molecule has 1 heterocycles. The molecule has 0 radical (unpaired) electrons. The van der Waals surface area contributed by atoms with E-state index in [1.807, 2.05) is 6.92 Å². The van der Waals surface area contributed by atoms with E-state index < -0.39 is 17.5 Å². The second kappa shape index (κ2) is 6.49. The quantitative estimate of drug-likeness (QED) is 0.905. The van der Waals surface area contributed by atoms with E-state index >= 15 is 0 Å². The van der Waals surface area contributed by atoms with Crippen LogP contribution in [-0.2, 0) is 0 Å². The third kappa shape index (κ3) is 3.66. The van der Waals surface area contributed by atoms with Gasteiger partial charge in [-0.05, 0) is 25.1 Å². The van der Waals surface area contributed by atoms with Crippen molar-refractivity contribution < 1.29 is 13.6 Å². The van der Waals surface area contributed by atoms with Gasteiger partial charge < -0.3 is 10.6 Å². The van der Waals surface area contributed by atoms with Gasteiger partial charge in [-0.3, -0.25) is 4.79 Å². The van der Waals surface area contributed by atoms with Gasteiger partial charge in [-0.1, -0.05) is 11.6 Å². The van der Waals surface area contributed by atoms with Crippen LogP contribution in [0.1, 0.15) is 17.3 Å². The molecule has 1 aromatic carbocycles. The number of rotatable bonds is 4. The monoisotopic (exact) mass is 311 g/mol. The first kappa shape index (κ1) is 15.2. The van der Waals surface area contributed by atoms with Crippen molar-refractivity contribution in [3.05, 3.63) is 52.7 Å². The molecular formula is C14H12ClF2N3O. The summed E-state index contributed by atoms with van der Waals surface area (Å²) in [6, 6.07) is 4.31. The Balaban J connectivity index is 2.18. The summed E-state index contributed by atoms with van der Waals surface area (Å²) in [6.07, 6.45) is 1.32. The van der Waals surface area contributed by atoms with Crippen LogP contribution in [0.25, 0.3) is 0 Å². The molecule has 1 aromatic heterocycles. The summed E-state index contributed by atoms with van der Waals surface area (Å²) in [4.78, 5) is 16.0. The summed E-state index contributed by atoms with van der Waals surface area (Å²) in [5, 5.41) is 5.54. The lowest BCUT2D eigenvalue weighted by atomic mass is 10.2. The highest BCUT2D eigenvalue weighted by molar-refractivity contribution is 6.33. The van der Waals surface area contributed by atoms with E-state index in [1.54, 1.807) is 0 Å². The number of nitrogens with zero attached hydrogens (tertiary/aromatic N) is 1. The van der Waals surface area contributed by atoms with Gasteiger partial charge in [-0.15, -0.1) is 0 Å². The van der Waals surface area contributed by atoms with Gasteiger partial charge >= 0.3 is 0 Å². The van der Waals surface area contributed by atoms with Crippen molar-refractivity contribution in [2.45, 2.75) is 6.92 Å². The summed E-state index contributed by atoms with van der Waals surface area (Å²) in [5.74, 6) is -1.70. The molecule has 0 aliphatic heterocycles. The number of halogens is 3. The minimum atomic E-state index is -0.855. The van der Waals surface area contributed by atoms with Crippen LogP contribution in [0.3, 0.4) is 0 Å². The zero-order valence-electron chi connectivity index (χ0n) is 11.1. The Kier molecular flexibility index (Phi) is 4.70. The number of nitrogens with one attached hydrogen (secondary N) is 2. The van der Waals surface area contributed by atoms with Crippen LogP contribution >= 0.6 is 11.6 Å². The molecule has 0 fully saturated rings. The summed E-state index contributed by atoms with van der Waals surface area (Å²) in [7, 11) is 0. The van der Waals surface area contributed by atoms with Crippen molar-refractivity contribution in [2.75, 3.05) is 17.2 Å². The molecule has 4 nitrogen and oxygen atoms in total. The molecular weight excluding hydrogens is 300 g/mol. The highest BCUT2D eigenvalue weighted by Crippen LogP contribution is 2.21. The van der Waals surface area contributed by atoms with Gasteiger partial charge in [-0.25, -0.2) is 13.8 Å². The first-order valence-electron chi connectivity index (χ1n) is 6.17. The molecule has 2 rings (SSSR count). The SMILES string of the molecule is CCNc1ncc(C(=O)Nc2ccc(F)cc2F)cc1Cl. The average Bonchev–Trinajstić information content (AvgIpc) is 2.44. The molecule has 110 valence electrons. The molecule has 2 N–H and O–H groups in total. The Morgan fingerprint density at radius 1 is 1.33 bits per heavy atom. The number of amides is 1. The normalized spacial score (nSPS) is 10.3. The molecule has 0 saturated heterocycles. The summed E-state index contributed by atoms with van der Waals surface area (Å²) in [6.45, 7) is 2.52. The Labute approximate surface area is 125 Å². The van der Waals surface area contributed by atoms with Gasteiger partial charge in [0.1, 0.15) is 17.5 Å². The minimum Gasteiger partial charge on any atom is -0.369 e. The van der Waals surface area contributed by atoms with E-state index in [1.165, 1.54) is 12.3 Å². The van der Waals surface area contributed by atoms with Crippen LogP contribution < -0.4 is 10.6 Å². The fraction of sp³-hybridized carbons (Fsp3) is 0.143. The largest absolute Gasteiger partial charge is 0.369 e. The van der Waals surface area contributed by atoms with Crippen LogP contribution in [0.5, 0.6) is 0 Å². The topological polar surface area (TPSA) is 54.0 Å². The van der Waals surface area contributed by atoms with E-state index in [0.29, 0.717) is 18.4 Å². The number of benzene rings is 1.